The lowest BCUT2D eigenvalue weighted by molar-refractivity contribution is 0.0953. The van der Waals surface area contributed by atoms with Crippen LogP contribution in [0.4, 0.5) is 11.6 Å². The second-order valence-corrected chi connectivity index (χ2v) is 11.8. The summed E-state index contributed by atoms with van der Waals surface area (Å²) in [6, 6.07) is 3.72. The summed E-state index contributed by atoms with van der Waals surface area (Å²) >= 11 is 1.70. The largest absolute Gasteiger partial charge is 0.370 e. The summed E-state index contributed by atoms with van der Waals surface area (Å²) in [6.45, 7) is 18.0. The zero-order valence-corrected chi connectivity index (χ0v) is 23.4. The maximum atomic E-state index is 12.7. The zero-order valence-electron chi connectivity index (χ0n) is 22.6. The first kappa shape index (κ1) is 30.1. The van der Waals surface area contributed by atoms with Gasteiger partial charge in [-0.15, -0.1) is 0 Å². The molecule has 1 heterocycles. The van der Waals surface area contributed by atoms with Gasteiger partial charge in [0.25, 0.3) is 5.91 Å². The summed E-state index contributed by atoms with van der Waals surface area (Å²) in [6.07, 6.45) is 3.42. The Bertz CT molecular complexity index is 778. The van der Waals surface area contributed by atoms with E-state index in [1.54, 1.807) is 11.9 Å². The van der Waals surface area contributed by atoms with Gasteiger partial charge in [-0.2, -0.15) is 0 Å². The third-order valence-electron chi connectivity index (χ3n) is 4.45. The highest BCUT2D eigenvalue weighted by molar-refractivity contribution is 8.01. The van der Waals surface area contributed by atoms with Crippen LogP contribution in [0.5, 0.6) is 0 Å². The summed E-state index contributed by atoms with van der Waals surface area (Å²) in [4.78, 5) is 17.4. The lowest BCUT2D eigenvalue weighted by Gasteiger charge is -2.20. The van der Waals surface area contributed by atoms with Crippen molar-refractivity contribution in [3.8, 4) is 11.8 Å². The van der Waals surface area contributed by atoms with E-state index < -0.39 is 0 Å². The minimum Gasteiger partial charge on any atom is -0.370 e. The number of aromatic nitrogens is 1. The number of rotatable bonds is 12. The van der Waals surface area contributed by atoms with Crippen LogP contribution in [-0.2, 0) is 0 Å². The molecule has 1 aliphatic rings. The second kappa shape index (κ2) is 16.7. The molecule has 7 heteroatoms. The number of hydrogen-bond donors (Lipinski definition) is 3. The van der Waals surface area contributed by atoms with Crippen LogP contribution in [0.25, 0.3) is 0 Å². The van der Waals surface area contributed by atoms with Gasteiger partial charge in [0, 0.05) is 36.9 Å². The second-order valence-electron chi connectivity index (χ2n) is 10.1. The first-order valence-electron chi connectivity index (χ1n) is 12.7. The fraction of sp³-hybridized carbons (Fsp3) is 0.704. The highest BCUT2D eigenvalue weighted by Gasteiger charge is 2.21. The molecular weight excluding hydrogens is 442 g/mol. The van der Waals surface area contributed by atoms with Crippen molar-refractivity contribution < 1.29 is 4.79 Å². The van der Waals surface area contributed by atoms with E-state index >= 15 is 0 Å². The molecule has 0 radical (unpaired) electrons. The molecular formula is C27H47N5OS. The molecule has 1 amide bonds. The smallest absolute Gasteiger partial charge is 0.251 e. The Morgan fingerprint density at radius 2 is 1.82 bits per heavy atom. The Balaban J connectivity index is 0.00000133. The molecule has 1 aromatic heterocycles. The van der Waals surface area contributed by atoms with Gasteiger partial charge in [-0.3, -0.25) is 4.79 Å². The van der Waals surface area contributed by atoms with Crippen LogP contribution in [0, 0.1) is 29.6 Å². The van der Waals surface area contributed by atoms with Crippen LogP contribution in [0.1, 0.15) is 78.1 Å². The Morgan fingerprint density at radius 3 is 2.41 bits per heavy atom. The zero-order chi connectivity index (χ0) is 25.5. The number of nitrogens with one attached hydrogen (secondary N) is 3. The van der Waals surface area contributed by atoms with E-state index in [0.717, 1.165) is 43.0 Å². The Morgan fingerprint density at radius 1 is 1.15 bits per heavy atom. The maximum absolute atomic E-state index is 12.7. The van der Waals surface area contributed by atoms with E-state index in [4.69, 9.17) is 4.98 Å². The topological polar surface area (TPSA) is 69.3 Å². The van der Waals surface area contributed by atoms with Crippen molar-refractivity contribution in [2.75, 3.05) is 42.8 Å². The fourth-order valence-electron chi connectivity index (χ4n) is 2.76. The molecule has 0 aliphatic heterocycles. The third-order valence-corrected chi connectivity index (χ3v) is 5.38. The molecule has 1 aliphatic carbocycles. The van der Waals surface area contributed by atoms with Crippen molar-refractivity contribution in [1.29, 1.82) is 0 Å². The molecule has 6 nitrogen and oxygen atoms in total. The molecule has 1 saturated carbocycles. The van der Waals surface area contributed by atoms with E-state index in [-0.39, 0.29) is 5.91 Å². The van der Waals surface area contributed by atoms with Crippen LogP contribution in [-0.4, -0.2) is 49.4 Å². The Kier molecular flexibility index (Phi) is 14.8. The van der Waals surface area contributed by atoms with Crippen molar-refractivity contribution in [2.24, 2.45) is 17.8 Å². The Hall–Kier alpha value is -1.91. The molecule has 3 N–H and O–H groups in total. The third kappa shape index (κ3) is 15.1. The molecule has 0 saturated heterocycles. The van der Waals surface area contributed by atoms with Crippen LogP contribution < -0.4 is 20.3 Å². The SMILES string of the molecule is CC(C)C.CC(C)C#CCNCCCNC(=O)c1cc(NCC2CC2)nc(N(C)SC(C)C)c1. The van der Waals surface area contributed by atoms with E-state index in [0.29, 0.717) is 29.8 Å². The summed E-state index contributed by atoms with van der Waals surface area (Å²) in [5.74, 6) is 9.71. The molecule has 0 unspecified atom stereocenters. The van der Waals surface area contributed by atoms with Crippen molar-refractivity contribution in [3.63, 3.8) is 0 Å². The van der Waals surface area contributed by atoms with E-state index in [1.165, 1.54) is 12.8 Å². The lowest BCUT2D eigenvalue weighted by atomic mass is 10.2. The van der Waals surface area contributed by atoms with Gasteiger partial charge in [0.15, 0.2) is 0 Å². The van der Waals surface area contributed by atoms with Gasteiger partial charge in [0.2, 0.25) is 0 Å². The van der Waals surface area contributed by atoms with E-state index in [2.05, 4.69) is 76.3 Å². The van der Waals surface area contributed by atoms with Crippen LogP contribution in [0.15, 0.2) is 12.1 Å². The van der Waals surface area contributed by atoms with Crippen molar-refractivity contribution in [3.05, 3.63) is 17.7 Å². The number of nitrogens with zero attached hydrogens (tertiary/aromatic N) is 2. The highest BCUT2D eigenvalue weighted by atomic mass is 32.2. The summed E-state index contributed by atoms with van der Waals surface area (Å²) < 4.78 is 2.03. The first-order valence-corrected chi connectivity index (χ1v) is 13.6. The number of hydrogen-bond acceptors (Lipinski definition) is 6. The molecule has 1 aromatic rings. The van der Waals surface area contributed by atoms with Gasteiger partial charge in [0.1, 0.15) is 11.6 Å². The van der Waals surface area contributed by atoms with Gasteiger partial charge in [-0.05, 0) is 61.7 Å². The minimum absolute atomic E-state index is 0.0596. The molecule has 2 rings (SSSR count). The van der Waals surface area contributed by atoms with Crippen molar-refractivity contribution >= 4 is 29.5 Å². The molecule has 0 spiro atoms. The predicted octanol–water partition coefficient (Wildman–Crippen LogP) is 5.43. The number of carbonyl (C=O) groups excluding carboxylic acids is 1. The minimum atomic E-state index is -0.0596. The summed E-state index contributed by atoms with van der Waals surface area (Å²) in [5, 5.41) is 10.2. The van der Waals surface area contributed by atoms with Gasteiger partial charge in [-0.25, -0.2) is 4.98 Å². The molecule has 0 atom stereocenters. The first-order chi connectivity index (χ1) is 16.1. The monoisotopic (exact) mass is 489 g/mol. The molecule has 1 fully saturated rings. The van der Waals surface area contributed by atoms with Crippen LogP contribution in [0.3, 0.4) is 0 Å². The number of carbonyl (C=O) groups is 1. The Labute approximate surface area is 213 Å². The van der Waals surface area contributed by atoms with E-state index in [9.17, 15) is 4.79 Å². The van der Waals surface area contributed by atoms with E-state index in [1.807, 2.05) is 23.5 Å². The maximum Gasteiger partial charge on any atom is 0.251 e. The van der Waals surface area contributed by atoms with Gasteiger partial charge >= 0.3 is 0 Å². The van der Waals surface area contributed by atoms with Gasteiger partial charge in [-0.1, -0.05) is 60.3 Å². The normalized spacial score (nSPS) is 12.7. The summed E-state index contributed by atoms with van der Waals surface area (Å²) in [5.41, 5.74) is 0.644. The van der Waals surface area contributed by atoms with Crippen LogP contribution >= 0.6 is 11.9 Å². The fourth-order valence-corrected chi connectivity index (χ4v) is 3.60. The molecule has 0 aromatic carbocycles. The predicted molar refractivity (Wildman–Crippen MR) is 150 cm³/mol. The van der Waals surface area contributed by atoms with Crippen molar-refractivity contribution in [2.45, 2.75) is 73.0 Å². The van der Waals surface area contributed by atoms with Gasteiger partial charge in [0.05, 0.1) is 6.54 Å². The lowest BCUT2D eigenvalue weighted by Crippen LogP contribution is -2.28. The average Bonchev–Trinajstić information content (AvgIpc) is 3.57. The van der Waals surface area contributed by atoms with Gasteiger partial charge < -0.3 is 20.3 Å². The quantitative estimate of drug-likeness (QED) is 0.207. The molecule has 192 valence electrons. The number of anilines is 2. The van der Waals surface area contributed by atoms with Crippen molar-refractivity contribution in [1.82, 2.24) is 15.6 Å². The number of amides is 1. The number of pyridine rings is 1. The van der Waals surface area contributed by atoms with Crippen LogP contribution in [0.2, 0.25) is 0 Å². The summed E-state index contributed by atoms with van der Waals surface area (Å²) in [7, 11) is 1.99. The average molecular weight is 490 g/mol. The molecule has 34 heavy (non-hydrogen) atoms. The standard InChI is InChI=1S/C23H37N5OS.C4H10/c1-17(2)8-6-11-24-12-7-13-25-23(29)20-14-21(26-16-19-9-10-19)27-22(15-20)28(5)30-18(3)4;1-4(2)3/h14-15,17-19,24H,7,9-13,16H2,1-5H3,(H,25,29)(H,26,27);4H,1-3H3. The highest BCUT2D eigenvalue weighted by Crippen LogP contribution is 2.30. The molecule has 0 bridgehead atoms.